The number of nitrogens with zero attached hydrogens (tertiary/aromatic N) is 2. The molecule has 1 aromatic carbocycles. The smallest absolute Gasteiger partial charge is 0.280 e. The maximum absolute atomic E-state index is 12.3. The molecular formula is C13H14N4O2S. The number of sulfonamides is 1. The first-order valence-electron chi connectivity index (χ1n) is 6.05. The number of anilines is 1. The molecule has 0 amide bonds. The highest BCUT2D eigenvalue weighted by atomic mass is 32.2. The van der Waals surface area contributed by atoms with Crippen molar-refractivity contribution < 1.29 is 8.42 Å². The molecule has 2 aromatic heterocycles. The summed E-state index contributed by atoms with van der Waals surface area (Å²) in [5, 5.41) is 0.841. The summed E-state index contributed by atoms with van der Waals surface area (Å²) in [6.07, 6.45) is 2.92. The number of imidazole rings is 1. The van der Waals surface area contributed by atoms with Crippen LogP contribution in [0.1, 0.15) is 5.69 Å². The van der Waals surface area contributed by atoms with E-state index in [0.29, 0.717) is 5.69 Å². The Labute approximate surface area is 116 Å². The molecule has 6 nitrogen and oxygen atoms in total. The molecule has 3 aromatic rings. The van der Waals surface area contributed by atoms with Gasteiger partial charge in [-0.05, 0) is 25.1 Å². The summed E-state index contributed by atoms with van der Waals surface area (Å²) < 4.78 is 28.7. The number of aryl methyl sites for hydroxylation is 2. The Kier molecular flexibility index (Phi) is 2.79. The minimum Gasteiger partial charge on any atom is -0.359 e. The van der Waals surface area contributed by atoms with Gasteiger partial charge in [0.05, 0.1) is 12.0 Å². The fourth-order valence-corrected chi connectivity index (χ4v) is 3.17. The summed E-state index contributed by atoms with van der Waals surface area (Å²) in [5.41, 5.74) is 2.41. The molecule has 0 aliphatic carbocycles. The van der Waals surface area contributed by atoms with Gasteiger partial charge in [-0.2, -0.15) is 8.42 Å². The van der Waals surface area contributed by atoms with Crippen molar-refractivity contribution in [2.45, 2.75) is 11.9 Å². The maximum atomic E-state index is 12.3. The Bertz CT molecular complexity index is 877. The molecule has 0 aliphatic heterocycles. The predicted molar refractivity (Wildman–Crippen MR) is 77.1 cm³/mol. The van der Waals surface area contributed by atoms with Gasteiger partial charge >= 0.3 is 0 Å². The largest absolute Gasteiger partial charge is 0.359 e. The predicted octanol–water partition coefficient (Wildman–Crippen LogP) is 2.01. The number of aromatic amines is 1. The molecule has 0 unspecified atom stereocenters. The standard InChI is InChI=1S/C13H14N4O2S/c1-9-6-10-11(15-9)4-3-5-12(10)16-20(18,19)13-7-17(2)8-14-13/h3-8,15-16H,1-2H3. The van der Waals surface area contributed by atoms with Crippen molar-refractivity contribution >= 4 is 26.6 Å². The van der Waals surface area contributed by atoms with E-state index in [-0.39, 0.29) is 5.03 Å². The van der Waals surface area contributed by atoms with E-state index in [1.165, 1.54) is 12.5 Å². The van der Waals surface area contributed by atoms with Crippen molar-refractivity contribution in [3.05, 3.63) is 42.5 Å². The number of hydrogen-bond acceptors (Lipinski definition) is 3. The Morgan fingerprint density at radius 2 is 2.15 bits per heavy atom. The van der Waals surface area contributed by atoms with Gasteiger partial charge in [-0.15, -0.1) is 0 Å². The van der Waals surface area contributed by atoms with Gasteiger partial charge in [0.15, 0.2) is 5.03 Å². The lowest BCUT2D eigenvalue weighted by Gasteiger charge is -2.06. The molecule has 2 N–H and O–H groups in total. The number of H-pyrrole nitrogens is 1. The zero-order valence-electron chi connectivity index (χ0n) is 11.1. The first-order valence-corrected chi connectivity index (χ1v) is 7.53. The van der Waals surface area contributed by atoms with Crippen molar-refractivity contribution in [3.63, 3.8) is 0 Å². The molecule has 0 spiro atoms. The number of rotatable bonds is 3. The van der Waals surface area contributed by atoms with E-state index in [2.05, 4.69) is 14.7 Å². The van der Waals surface area contributed by atoms with E-state index in [9.17, 15) is 8.42 Å². The van der Waals surface area contributed by atoms with E-state index < -0.39 is 10.0 Å². The van der Waals surface area contributed by atoms with Crippen molar-refractivity contribution in [1.82, 2.24) is 14.5 Å². The Morgan fingerprint density at radius 3 is 2.85 bits per heavy atom. The van der Waals surface area contributed by atoms with Crippen LogP contribution in [0.15, 0.2) is 41.8 Å². The third kappa shape index (κ3) is 2.16. The monoisotopic (exact) mass is 290 g/mol. The second-order valence-corrected chi connectivity index (χ2v) is 6.33. The second-order valence-electron chi connectivity index (χ2n) is 4.70. The van der Waals surface area contributed by atoms with Gasteiger partial charge in [0.1, 0.15) is 0 Å². The number of aromatic nitrogens is 3. The SMILES string of the molecule is Cc1cc2c(NS(=O)(=O)c3cn(C)cn3)cccc2[nH]1. The van der Waals surface area contributed by atoms with Crippen molar-refractivity contribution in [2.75, 3.05) is 4.72 Å². The molecule has 104 valence electrons. The molecular weight excluding hydrogens is 276 g/mol. The topological polar surface area (TPSA) is 79.8 Å². The lowest BCUT2D eigenvalue weighted by Crippen LogP contribution is -2.13. The number of fused-ring (bicyclic) bond motifs is 1. The van der Waals surface area contributed by atoms with Crippen LogP contribution in [0.5, 0.6) is 0 Å². The third-order valence-corrected chi connectivity index (χ3v) is 4.25. The van der Waals surface area contributed by atoms with Crippen LogP contribution in [0.25, 0.3) is 10.9 Å². The minimum atomic E-state index is -3.67. The summed E-state index contributed by atoms with van der Waals surface area (Å²) in [7, 11) is -1.95. The van der Waals surface area contributed by atoms with E-state index >= 15 is 0 Å². The molecule has 0 saturated carbocycles. The molecule has 3 rings (SSSR count). The summed E-state index contributed by atoms with van der Waals surface area (Å²) in [4.78, 5) is 7.05. The van der Waals surface area contributed by atoms with Crippen LogP contribution >= 0.6 is 0 Å². The molecule has 0 saturated heterocycles. The second kappa shape index (κ2) is 4.38. The lowest BCUT2D eigenvalue weighted by molar-refractivity contribution is 0.598. The Morgan fingerprint density at radius 1 is 1.35 bits per heavy atom. The zero-order valence-corrected chi connectivity index (χ0v) is 11.9. The Hall–Kier alpha value is -2.28. The third-order valence-electron chi connectivity index (χ3n) is 3.00. The van der Waals surface area contributed by atoms with Gasteiger partial charge in [-0.1, -0.05) is 6.07 Å². The molecule has 0 atom stereocenters. The van der Waals surface area contributed by atoms with Gasteiger partial charge in [-0.3, -0.25) is 4.72 Å². The summed E-state index contributed by atoms with van der Waals surface area (Å²) in [6.45, 7) is 1.93. The van der Waals surface area contributed by atoms with Crippen LogP contribution < -0.4 is 4.72 Å². The Balaban J connectivity index is 2.05. The van der Waals surface area contributed by atoms with Gasteiger partial charge in [0.2, 0.25) is 0 Å². The average Bonchev–Trinajstić information content (AvgIpc) is 2.95. The normalized spacial score (nSPS) is 11.9. The molecule has 7 heteroatoms. The molecule has 2 heterocycles. The van der Waals surface area contributed by atoms with E-state index in [0.717, 1.165) is 16.6 Å². The van der Waals surface area contributed by atoms with Gasteiger partial charge in [0.25, 0.3) is 10.0 Å². The van der Waals surface area contributed by atoms with Crippen molar-refractivity contribution in [1.29, 1.82) is 0 Å². The average molecular weight is 290 g/mol. The molecule has 0 aliphatic rings. The van der Waals surface area contributed by atoms with Crippen LogP contribution in [-0.2, 0) is 17.1 Å². The molecule has 0 fully saturated rings. The highest BCUT2D eigenvalue weighted by Crippen LogP contribution is 2.26. The van der Waals surface area contributed by atoms with Crippen LogP contribution in [0.4, 0.5) is 5.69 Å². The van der Waals surface area contributed by atoms with Gasteiger partial charge in [-0.25, -0.2) is 4.98 Å². The molecule has 0 radical (unpaired) electrons. The molecule has 0 bridgehead atoms. The number of nitrogens with one attached hydrogen (secondary N) is 2. The van der Waals surface area contributed by atoms with Crippen LogP contribution in [-0.4, -0.2) is 23.0 Å². The van der Waals surface area contributed by atoms with Crippen LogP contribution in [0, 0.1) is 6.92 Å². The summed E-state index contributed by atoms with van der Waals surface area (Å²) in [6, 6.07) is 7.34. The van der Waals surface area contributed by atoms with Crippen LogP contribution in [0.3, 0.4) is 0 Å². The lowest BCUT2D eigenvalue weighted by atomic mass is 10.2. The number of benzene rings is 1. The quantitative estimate of drug-likeness (QED) is 0.774. The van der Waals surface area contributed by atoms with Crippen molar-refractivity contribution in [2.24, 2.45) is 7.05 Å². The fourth-order valence-electron chi connectivity index (χ4n) is 2.11. The first kappa shape index (κ1) is 12.7. The highest BCUT2D eigenvalue weighted by molar-refractivity contribution is 7.92. The summed E-state index contributed by atoms with van der Waals surface area (Å²) in [5.74, 6) is 0. The fraction of sp³-hybridized carbons (Fsp3) is 0.154. The zero-order chi connectivity index (χ0) is 14.3. The van der Waals surface area contributed by atoms with Gasteiger partial charge in [0, 0.05) is 29.8 Å². The van der Waals surface area contributed by atoms with E-state index in [1.54, 1.807) is 23.7 Å². The number of hydrogen-bond donors (Lipinski definition) is 2. The summed E-state index contributed by atoms with van der Waals surface area (Å²) >= 11 is 0. The first-order chi connectivity index (χ1) is 9.45. The highest BCUT2D eigenvalue weighted by Gasteiger charge is 2.18. The van der Waals surface area contributed by atoms with Gasteiger partial charge < -0.3 is 9.55 Å². The minimum absolute atomic E-state index is 0.00395. The van der Waals surface area contributed by atoms with Crippen molar-refractivity contribution in [3.8, 4) is 0 Å². The van der Waals surface area contributed by atoms with Crippen LogP contribution in [0.2, 0.25) is 0 Å². The van der Waals surface area contributed by atoms with E-state index in [1.807, 2.05) is 19.1 Å². The molecule has 20 heavy (non-hydrogen) atoms. The maximum Gasteiger partial charge on any atom is 0.280 e. The van der Waals surface area contributed by atoms with E-state index in [4.69, 9.17) is 0 Å².